The number of carbonyl (C=O) groups excluding carboxylic acids is 1. The Kier molecular flexibility index (Phi) is 6.79. The number of rotatable bonds is 6. The molecule has 0 saturated carbocycles. The van der Waals surface area contributed by atoms with E-state index in [1.54, 1.807) is 16.9 Å². The number of anilines is 1. The predicted octanol–water partition coefficient (Wildman–Crippen LogP) is 5.51. The lowest BCUT2D eigenvalue weighted by Gasteiger charge is -2.11. The molecule has 0 aliphatic rings. The smallest absolute Gasteiger partial charge is 0.257 e. The summed E-state index contributed by atoms with van der Waals surface area (Å²) in [5.74, 6) is -0.250. The van der Waals surface area contributed by atoms with Crippen LogP contribution in [0.5, 0.6) is 0 Å². The number of carbonyl (C=O) groups is 1. The first-order valence-electron chi connectivity index (χ1n) is 11.1. The Morgan fingerprint density at radius 3 is 2.30 bits per heavy atom. The minimum Gasteiger partial charge on any atom is -0.332 e. The maximum atomic E-state index is 12.4. The molecular formula is C26H27N5OS. The fraction of sp³-hybridized carbons (Fsp3) is 0.231. The Bertz CT molecular complexity index is 1290. The van der Waals surface area contributed by atoms with Gasteiger partial charge in [0.05, 0.1) is 5.69 Å². The molecule has 4 rings (SSSR count). The lowest BCUT2D eigenvalue weighted by Crippen LogP contribution is -2.34. The van der Waals surface area contributed by atoms with Crippen molar-refractivity contribution in [3.8, 4) is 5.69 Å². The van der Waals surface area contributed by atoms with Crippen molar-refractivity contribution < 1.29 is 4.79 Å². The van der Waals surface area contributed by atoms with Crippen molar-refractivity contribution in [2.45, 2.75) is 40.0 Å². The Hall–Kier alpha value is -3.58. The number of hydrogen-bond donors (Lipinski definition) is 2. The Morgan fingerprint density at radius 2 is 1.64 bits per heavy atom. The van der Waals surface area contributed by atoms with Crippen LogP contribution in [0.1, 0.15) is 46.8 Å². The third-order valence-electron chi connectivity index (χ3n) is 5.50. The normalized spacial score (nSPS) is 10.9. The first-order valence-corrected chi connectivity index (χ1v) is 11.5. The zero-order valence-corrected chi connectivity index (χ0v) is 19.9. The first kappa shape index (κ1) is 22.6. The third kappa shape index (κ3) is 5.43. The maximum absolute atomic E-state index is 12.4. The summed E-state index contributed by atoms with van der Waals surface area (Å²) in [7, 11) is 0. The third-order valence-corrected chi connectivity index (χ3v) is 5.71. The number of fused-ring (bicyclic) bond motifs is 1. The van der Waals surface area contributed by atoms with E-state index < -0.39 is 0 Å². The zero-order valence-electron chi connectivity index (χ0n) is 19.1. The van der Waals surface area contributed by atoms with E-state index in [-0.39, 0.29) is 11.0 Å². The number of thiocarbonyl (C=S) groups is 1. The van der Waals surface area contributed by atoms with Gasteiger partial charge < -0.3 is 5.32 Å². The molecule has 7 heteroatoms. The van der Waals surface area contributed by atoms with Gasteiger partial charge in [-0.3, -0.25) is 10.1 Å². The number of hydrogen-bond acceptors (Lipinski definition) is 4. The van der Waals surface area contributed by atoms with Crippen molar-refractivity contribution in [1.82, 2.24) is 20.3 Å². The van der Waals surface area contributed by atoms with Gasteiger partial charge in [-0.05, 0) is 86.4 Å². The molecule has 1 aromatic heterocycles. The molecule has 33 heavy (non-hydrogen) atoms. The van der Waals surface area contributed by atoms with E-state index in [9.17, 15) is 4.79 Å². The van der Waals surface area contributed by atoms with Gasteiger partial charge >= 0.3 is 0 Å². The summed E-state index contributed by atoms with van der Waals surface area (Å²) >= 11 is 5.36. The number of aromatic nitrogens is 3. The van der Waals surface area contributed by atoms with Crippen molar-refractivity contribution >= 4 is 40.0 Å². The predicted molar refractivity (Wildman–Crippen MR) is 137 cm³/mol. The van der Waals surface area contributed by atoms with Gasteiger partial charge in [-0.15, -0.1) is 10.2 Å². The van der Waals surface area contributed by atoms with E-state index in [0.29, 0.717) is 5.56 Å². The Labute approximate surface area is 199 Å². The molecular weight excluding hydrogens is 430 g/mol. The average Bonchev–Trinajstić information content (AvgIpc) is 3.21. The van der Waals surface area contributed by atoms with Gasteiger partial charge in [-0.1, -0.05) is 43.2 Å². The lowest BCUT2D eigenvalue weighted by atomic mass is 10.1. The summed E-state index contributed by atoms with van der Waals surface area (Å²) in [6.45, 7) is 6.14. The van der Waals surface area contributed by atoms with Crippen molar-refractivity contribution in [3.05, 3.63) is 82.9 Å². The molecule has 3 aromatic carbocycles. The minimum atomic E-state index is -0.250. The molecule has 1 heterocycles. The number of benzene rings is 3. The van der Waals surface area contributed by atoms with Crippen molar-refractivity contribution in [1.29, 1.82) is 0 Å². The Morgan fingerprint density at radius 1 is 0.970 bits per heavy atom. The largest absolute Gasteiger partial charge is 0.332 e. The molecule has 0 fully saturated rings. The zero-order chi connectivity index (χ0) is 23.4. The van der Waals surface area contributed by atoms with Crippen LogP contribution in [0.25, 0.3) is 16.7 Å². The van der Waals surface area contributed by atoms with Crippen LogP contribution in [-0.2, 0) is 6.42 Å². The number of aryl methyl sites for hydroxylation is 3. The summed E-state index contributed by atoms with van der Waals surface area (Å²) in [5.41, 5.74) is 7.15. The molecule has 0 saturated heterocycles. The van der Waals surface area contributed by atoms with Crippen LogP contribution in [0.2, 0.25) is 0 Å². The molecule has 168 valence electrons. The van der Waals surface area contributed by atoms with E-state index in [1.807, 2.05) is 50.2 Å². The van der Waals surface area contributed by atoms with E-state index in [2.05, 4.69) is 39.9 Å². The molecule has 1 amide bonds. The monoisotopic (exact) mass is 457 g/mol. The highest BCUT2D eigenvalue weighted by molar-refractivity contribution is 7.80. The van der Waals surface area contributed by atoms with Crippen LogP contribution < -0.4 is 10.6 Å². The van der Waals surface area contributed by atoms with E-state index >= 15 is 0 Å². The highest BCUT2D eigenvalue weighted by atomic mass is 32.1. The van der Waals surface area contributed by atoms with E-state index in [1.165, 1.54) is 18.4 Å². The van der Waals surface area contributed by atoms with Gasteiger partial charge in [0.1, 0.15) is 11.0 Å². The summed E-state index contributed by atoms with van der Waals surface area (Å²) in [6.07, 6.45) is 3.45. The molecule has 0 aliphatic carbocycles. The highest BCUT2D eigenvalue weighted by Crippen LogP contribution is 2.22. The lowest BCUT2D eigenvalue weighted by molar-refractivity contribution is 0.0977. The first-order chi connectivity index (χ1) is 15.9. The summed E-state index contributed by atoms with van der Waals surface area (Å²) in [5, 5.41) is 15.3. The SMILES string of the molecule is CCCCc1ccc(-n2nc3cc(C)c(NC(=S)NC(=O)c4ccc(C)cc4)cc3n2)cc1. The van der Waals surface area contributed by atoms with Gasteiger partial charge in [0.15, 0.2) is 5.11 Å². The van der Waals surface area contributed by atoms with Crippen LogP contribution in [0, 0.1) is 13.8 Å². The molecule has 0 bridgehead atoms. The number of nitrogens with zero attached hydrogens (tertiary/aromatic N) is 3. The summed E-state index contributed by atoms with van der Waals surface area (Å²) < 4.78 is 0. The quantitative estimate of drug-likeness (QED) is 0.374. The molecule has 4 aromatic rings. The molecule has 6 nitrogen and oxygen atoms in total. The second-order valence-electron chi connectivity index (χ2n) is 8.19. The van der Waals surface area contributed by atoms with Crippen LogP contribution in [0.3, 0.4) is 0 Å². The molecule has 0 aliphatic heterocycles. The molecule has 0 atom stereocenters. The number of nitrogens with one attached hydrogen (secondary N) is 2. The van der Waals surface area contributed by atoms with Crippen molar-refractivity contribution in [3.63, 3.8) is 0 Å². The van der Waals surface area contributed by atoms with Gasteiger partial charge in [-0.25, -0.2) is 0 Å². The number of unbranched alkanes of at least 4 members (excludes halogenated alkanes) is 1. The summed E-state index contributed by atoms with van der Waals surface area (Å²) in [4.78, 5) is 14.1. The van der Waals surface area contributed by atoms with Crippen LogP contribution >= 0.6 is 12.2 Å². The van der Waals surface area contributed by atoms with Crippen LogP contribution in [0.15, 0.2) is 60.7 Å². The highest BCUT2D eigenvalue weighted by Gasteiger charge is 2.12. The topological polar surface area (TPSA) is 71.8 Å². The van der Waals surface area contributed by atoms with Gasteiger partial charge in [-0.2, -0.15) is 4.80 Å². The minimum absolute atomic E-state index is 0.234. The molecule has 0 spiro atoms. The van der Waals surface area contributed by atoms with Gasteiger partial charge in [0.2, 0.25) is 0 Å². The van der Waals surface area contributed by atoms with Crippen molar-refractivity contribution in [2.24, 2.45) is 0 Å². The van der Waals surface area contributed by atoms with Gasteiger partial charge in [0.25, 0.3) is 5.91 Å². The molecule has 2 N–H and O–H groups in total. The average molecular weight is 458 g/mol. The van der Waals surface area contributed by atoms with Crippen molar-refractivity contribution in [2.75, 3.05) is 5.32 Å². The van der Waals surface area contributed by atoms with Gasteiger partial charge in [0, 0.05) is 11.3 Å². The van der Waals surface area contributed by atoms with E-state index in [4.69, 9.17) is 12.2 Å². The number of amides is 1. The fourth-order valence-electron chi connectivity index (χ4n) is 3.53. The molecule has 0 unspecified atom stereocenters. The van der Waals surface area contributed by atoms with Crippen LogP contribution in [-0.4, -0.2) is 26.0 Å². The second-order valence-corrected chi connectivity index (χ2v) is 8.60. The van der Waals surface area contributed by atoms with E-state index in [0.717, 1.165) is 40.0 Å². The maximum Gasteiger partial charge on any atom is 0.257 e. The Balaban J connectivity index is 1.48. The standard InChI is InChI=1S/C26H27N5OS/c1-4-5-6-19-9-13-21(14-10-19)31-29-23-15-18(3)22(16-24(23)30-31)27-26(33)28-25(32)20-11-7-17(2)8-12-20/h7-16H,4-6H2,1-3H3,(H2,27,28,32,33). The van der Waals surface area contributed by atoms with Crippen LogP contribution in [0.4, 0.5) is 5.69 Å². The molecule has 0 radical (unpaired) electrons. The fourth-order valence-corrected chi connectivity index (χ4v) is 3.73. The summed E-state index contributed by atoms with van der Waals surface area (Å²) in [6, 6.07) is 19.6. The second kappa shape index (κ2) is 9.92.